The van der Waals surface area contributed by atoms with E-state index in [-0.39, 0.29) is 12.4 Å². The van der Waals surface area contributed by atoms with Crippen molar-refractivity contribution in [1.29, 1.82) is 0 Å². The lowest BCUT2D eigenvalue weighted by molar-refractivity contribution is 0.101. The van der Waals surface area contributed by atoms with Crippen molar-refractivity contribution < 1.29 is 14.3 Å². The molecule has 0 bridgehead atoms. The molecule has 1 N–H and O–H groups in total. The lowest BCUT2D eigenvalue weighted by Crippen LogP contribution is -2.02. The van der Waals surface area contributed by atoms with Crippen molar-refractivity contribution in [1.82, 2.24) is 0 Å². The predicted octanol–water partition coefficient (Wildman–Crippen LogP) is 6.34. The molecule has 0 saturated carbocycles. The van der Waals surface area contributed by atoms with Crippen molar-refractivity contribution >= 4 is 0 Å². The summed E-state index contributed by atoms with van der Waals surface area (Å²) in [5.41, 5.74) is -0.425. The van der Waals surface area contributed by atoms with E-state index in [0.29, 0.717) is 12.4 Å². The van der Waals surface area contributed by atoms with E-state index in [1.807, 2.05) is 0 Å². The van der Waals surface area contributed by atoms with Crippen molar-refractivity contribution in [2.75, 3.05) is 6.61 Å². The smallest absolute Gasteiger partial charge is 0.226 e. The summed E-state index contributed by atoms with van der Waals surface area (Å²) < 4.78 is 10.6. The molecular weight excluding hydrogens is 328 g/mol. The van der Waals surface area contributed by atoms with Gasteiger partial charge < -0.3 is 14.3 Å². The van der Waals surface area contributed by atoms with Crippen LogP contribution >= 0.6 is 0 Å². The fourth-order valence-electron chi connectivity index (χ4n) is 3.09. The summed E-state index contributed by atoms with van der Waals surface area (Å²) in [5, 5.41) is 9.11. The fraction of sp³-hybridized carbons (Fsp3) is 0.773. The highest BCUT2D eigenvalue weighted by Gasteiger charge is 2.01. The third-order valence-electron chi connectivity index (χ3n) is 4.75. The zero-order chi connectivity index (χ0) is 18.9. The Labute approximate surface area is 159 Å². The Morgan fingerprint density at radius 1 is 0.846 bits per heavy atom. The lowest BCUT2D eigenvalue weighted by Gasteiger charge is -2.04. The molecular formula is C22H38O4. The van der Waals surface area contributed by atoms with Gasteiger partial charge in [0.05, 0.1) is 0 Å². The van der Waals surface area contributed by atoms with Gasteiger partial charge in [-0.05, 0) is 6.42 Å². The molecule has 0 unspecified atom stereocenters. The number of hydrogen-bond acceptors (Lipinski definition) is 4. The van der Waals surface area contributed by atoms with Crippen LogP contribution in [0.25, 0.3) is 0 Å². The molecule has 1 heterocycles. The first kappa shape index (κ1) is 22.8. The second-order valence-corrected chi connectivity index (χ2v) is 7.24. The van der Waals surface area contributed by atoms with Crippen LogP contribution in [-0.4, -0.2) is 11.7 Å². The minimum Gasteiger partial charge on any atom is -0.502 e. The van der Waals surface area contributed by atoms with Crippen LogP contribution in [0.1, 0.15) is 103 Å². The molecule has 26 heavy (non-hydrogen) atoms. The van der Waals surface area contributed by atoms with Crippen LogP contribution in [-0.2, 0) is 11.3 Å². The van der Waals surface area contributed by atoms with Gasteiger partial charge in [-0.1, -0.05) is 90.4 Å². The minimum atomic E-state index is -0.425. The summed E-state index contributed by atoms with van der Waals surface area (Å²) in [7, 11) is 0. The zero-order valence-electron chi connectivity index (χ0n) is 16.6. The monoisotopic (exact) mass is 366 g/mol. The summed E-state index contributed by atoms with van der Waals surface area (Å²) >= 11 is 0. The molecule has 0 amide bonds. The maximum atomic E-state index is 11.2. The molecule has 0 saturated heterocycles. The van der Waals surface area contributed by atoms with E-state index < -0.39 is 5.43 Å². The van der Waals surface area contributed by atoms with E-state index in [1.54, 1.807) is 0 Å². The minimum absolute atomic E-state index is 0.286. The molecule has 0 radical (unpaired) electrons. The Hall–Kier alpha value is -1.29. The van der Waals surface area contributed by atoms with E-state index in [9.17, 15) is 4.79 Å². The number of ether oxygens (including phenoxy) is 1. The van der Waals surface area contributed by atoms with Crippen LogP contribution in [0.4, 0.5) is 0 Å². The van der Waals surface area contributed by atoms with Crippen molar-refractivity contribution in [3.05, 3.63) is 28.3 Å². The molecule has 0 aliphatic carbocycles. The number of rotatable bonds is 17. The highest BCUT2D eigenvalue weighted by Crippen LogP contribution is 2.13. The maximum Gasteiger partial charge on any atom is 0.226 e. The third-order valence-corrected chi connectivity index (χ3v) is 4.75. The average molecular weight is 367 g/mol. The molecule has 0 atom stereocenters. The molecule has 4 heteroatoms. The van der Waals surface area contributed by atoms with Crippen LogP contribution in [0.2, 0.25) is 0 Å². The average Bonchev–Trinajstić information content (AvgIpc) is 2.64. The highest BCUT2D eigenvalue weighted by molar-refractivity contribution is 5.14. The molecule has 4 nitrogen and oxygen atoms in total. The number of hydrogen-bond donors (Lipinski definition) is 1. The second kappa shape index (κ2) is 15.9. The molecule has 1 rings (SSSR count). The van der Waals surface area contributed by atoms with Crippen molar-refractivity contribution in [2.24, 2.45) is 0 Å². The van der Waals surface area contributed by atoms with Gasteiger partial charge in [0.15, 0.2) is 5.75 Å². The van der Waals surface area contributed by atoms with Gasteiger partial charge in [0, 0.05) is 12.7 Å². The van der Waals surface area contributed by atoms with Crippen LogP contribution < -0.4 is 5.43 Å². The quantitative estimate of drug-likeness (QED) is 0.327. The molecule has 0 aliphatic heterocycles. The molecule has 0 fully saturated rings. The summed E-state index contributed by atoms with van der Waals surface area (Å²) in [6.45, 7) is 3.24. The van der Waals surface area contributed by atoms with Crippen LogP contribution in [0.5, 0.6) is 5.75 Å². The Morgan fingerprint density at radius 2 is 1.35 bits per heavy atom. The molecule has 150 valence electrons. The first-order valence-electron chi connectivity index (χ1n) is 10.6. The van der Waals surface area contributed by atoms with E-state index in [1.165, 1.54) is 89.5 Å². The summed E-state index contributed by atoms with van der Waals surface area (Å²) in [6, 6.07) is 1.28. The summed E-state index contributed by atoms with van der Waals surface area (Å²) in [6.07, 6.45) is 19.9. The predicted molar refractivity (Wildman–Crippen MR) is 107 cm³/mol. The maximum absolute atomic E-state index is 11.2. The van der Waals surface area contributed by atoms with Crippen LogP contribution in [0.3, 0.4) is 0 Å². The normalized spacial score (nSPS) is 11.1. The first-order chi connectivity index (χ1) is 12.7. The summed E-state index contributed by atoms with van der Waals surface area (Å²) in [4.78, 5) is 11.2. The lowest BCUT2D eigenvalue weighted by atomic mass is 10.0. The van der Waals surface area contributed by atoms with Crippen molar-refractivity contribution in [3.63, 3.8) is 0 Å². The zero-order valence-corrected chi connectivity index (χ0v) is 16.6. The topological polar surface area (TPSA) is 59.7 Å². The third kappa shape index (κ3) is 12.1. The van der Waals surface area contributed by atoms with Gasteiger partial charge in [0.25, 0.3) is 0 Å². The molecule has 1 aromatic heterocycles. The standard InChI is InChI=1S/C22H38O4/c1-2-3-4-5-6-7-8-9-10-11-12-13-14-15-16-25-18-20-17-21(23)22(24)19-26-20/h17,19,24H,2-16,18H2,1H3. The molecule has 0 aliphatic rings. The Balaban J connectivity index is 1.79. The Morgan fingerprint density at radius 3 is 1.85 bits per heavy atom. The fourth-order valence-corrected chi connectivity index (χ4v) is 3.09. The van der Waals surface area contributed by atoms with Crippen molar-refractivity contribution in [2.45, 2.75) is 103 Å². The van der Waals surface area contributed by atoms with Gasteiger partial charge in [0.1, 0.15) is 18.6 Å². The van der Waals surface area contributed by atoms with E-state index in [0.717, 1.165) is 12.7 Å². The summed E-state index contributed by atoms with van der Waals surface area (Å²) in [5.74, 6) is 0.0962. The van der Waals surface area contributed by atoms with E-state index >= 15 is 0 Å². The van der Waals surface area contributed by atoms with Gasteiger partial charge in [-0.2, -0.15) is 0 Å². The Kier molecular flexibility index (Phi) is 13.9. The molecule has 0 aromatic carbocycles. The van der Waals surface area contributed by atoms with Crippen LogP contribution in [0, 0.1) is 0 Å². The molecule has 1 aromatic rings. The van der Waals surface area contributed by atoms with Gasteiger partial charge in [-0.15, -0.1) is 0 Å². The first-order valence-corrected chi connectivity index (χ1v) is 10.6. The molecule has 0 spiro atoms. The highest BCUT2D eigenvalue weighted by atomic mass is 16.5. The Bertz CT molecular complexity index is 495. The van der Waals surface area contributed by atoms with Gasteiger partial charge >= 0.3 is 0 Å². The van der Waals surface area contributed by atoms with Gasteiger partial charge in [-0.25, -0.2) is 0 Å². The van der Waals surface area contributed by atoms with Crippen molar-refractivity contribution in [3.8, 4) is 5.75 Å². The second-order valence-electron chi connectivity index (χ2n) is 7.24. The number of aromatic hydroxyl groups is 1. The largest absolute Gasteiger partial charge is 0.502 e. The van der Waals surface area contributed by atoms with E-state index in [4.69, 9.17) is 14.3 Å². The SMILES string of the molecule is CCCCCCCCCCCCCCCCOCc1cc(=O)c(O)co1. The van der Waals surface area contributed by atoms with E-state index in [2.05, 4.69) is 6.92 Å². The van der Waals surface area contributed by atoms with Crippen LogP contribution in [0.15, 0.2) is 21.5 Å². The van der Waals surface area contributed by atoms with Gasteiger partial charge in [0.2, 0.25) is 5.43 Å². The number of unbranched alkanes of at least 4 members (excludes halogenated alkanes) is 13. The van der Waals surface area contributed by atoms with Gasteiger partial charge in [-0.3, -0.25) is 4.79 Å².